The molecule has 0 bridgehead atoms. The van der Waals surface area contributed by atoms with E-state index in [1.165, 1.54) is 0 Å². The lowest BCUT2D eigenvalue weighted by Gasteiger charge is -2.17. The summed E-state index contributed by atoms with van der Waals surface area (Å²) in [5.41, 5.74) is 3.31. The number of rotatable bonds is 4. The summed E-state index contributed by atoms with van der Waals surface area (Å²) in [6.07, 6.45) is 0. The van der Waals surface area contributed by atoms with Gasteiger partial charge < -0.3 is 10.4 Å². The van der Waals surface area contributed by atoms with Crippen LogP contribution in [0.1, 0.15) is 24.0 Å². The number of anilines is 2. The average Bonchev–Trinajstić information content (AvgIpc) is 2.42. The molecule has 4 heteroatoms. The zero-order valence-corrected chi connectivity index (χ0v) is 12.1. The topological polar surface area (TPSA) is 49.3 Å². The SMILES string of the molecule is Cc1cccc(Cl)c1Nc1ccccc1C(C)C(=O)O. The van der Waals surface area contributed by atoms with Gasteiger partial charge in [-0.05, 0) is 37.1 Å². The van der Waals surface area contributed by atoms with Crippen LogP contribution in [0.2, 0.25) is 5.02 Å². The Kier molecular flexibility index (Phi) is 4.30. The minimum atomic E-state index is -0.852. The lowest BCUT2D eigenvalue weighted by Crippen LogP contribution is -2.10. The Balaban J connectivity index is 2.42. The van der Waals surface area contributed by atoms with Gasteiger partial charge in [0.1, 0.15) is 0 Å². The Morgan fingerprint density at radius 1 is 1.20 bits per heavy atom. The van der Waals surface area contributed by atoms with Gasteiger partial charge in [-0.1, -0.05) is 41.9 Å². The molecule has 1 atom stereocenters. The molecular weight excluding hydrogens is 274 g/mol. The van der Waals surface area contributed by atoms with Crippen LogP contribution in [-0.4, -0.2) is 11.1 Å². The van der Waals surface area contributed by atoms with Crippen molar-refractivity contribution in [3.63, 3.8) is 0 Å². The Morgan fingerprint density at radius 2 is 1.90 bits per heavy atom. The fourth-order valence-electron chi connectivity index (χ4n) is 2.05. The normalized spacial score (nSPS) is 11.9. The summed E-state index contributed by atoms with van der Waals surface area (Å²) < 4.78 is 0. The highest BCUT2D eigenvalue weighted by molar-refractivity contribution is 6.33. The summed E-state index contributed by atoms with van der Waals surface area (Å²) in [7, 11) is 0. The summed E-state index contributed by atoms with van der Waals surface area (Å²) in [6.45, 7) is 3.62. The van der Waals surface area contributed by atoms with Crippen LogP contribution in [0, 0.1) is 6.92 Å². The molecule has 0 spiro atoms. The van der Waals surface area contributed by atoms with Crippen molar-refractivity contribution in [3.8, 4) is 0 Å². The van der Waals surface area contributed by atoms with E-state index in [2.05, 4.69) is 5.32 Å². The third kappa shape index (κ3) is 2.94. The molecule has 2 N–H and O–H groups in total. The second-order valence-electron chi connectivity index (χ2n) is 4.70. The van der Waals surface area contributed by atoms with Crippen LogP contribution in [0.3, 0.4) is 0 Å². The fraction of sp³-hybridized carbons (Fsp3) is 0.188. The number of para-hydroxylation sites is 2. The molecule has 0 saturated heterocycles. The minimum absolute atomic E-state index is 0.582. The molecule has 2 rings (SSSR count). The van der Waals surface area contributed by atoms with Gasteiger partial charge in [-0.25, -0.2) is 0 Å². The number of carboxylic acid groups (broad SMARTS) is 1. The van der Waals surface area contributed by atoms with Crippen molar-refractivity contribution in [1.82, 2.24) is 0 Å². The van der Waals surface area contributed by atoms with E-state index >= 15 is 0 Å². The standard InChI is InChI=1S/C16H16ClNO2/c1-10-6-5-8-13(17)15(10)18-14-9-4-3-7-12(14)11(2)16(19)20/h3-9,11,18H,1-2H3,(H,19,20). The number of benzene rings is 2. The molecule has 20 heavy (non-hydrogen) atoms. The molecule has 0 heterocycles. The summed E-state index contributed by atoms with van der Waals surface area (Å²) in [6, 6.07) is 13.0. The molecule has 0 saturated carbocycles. The molecule has 0 amide bonds. The monoisotopic (exact) mass is 289 g/mol. The number of hydrogen-bond acceptors (Lipinski definition) is 2. The number of carbonyl (C=O) groups is 1. The molecule has 0 radical (unpaired) electrons. The van der Waals surface area contributed by atoms with Gasteiger partial charge in [-0.2, -0.15) is 0 Å². The molecule has 1 unspecified atom stereocenters. The quantitative estimate of drug-likeness (QED) is 0.866. The van der Waals surface area contributed by atoms with E-state index < -0.39 is 11.9 Å². The zero-order valence-electron chi connectivity index (χ0n) is 11.4. The molecule has 3 nitrogen and oxygen atoms in total. The first-order chi connectivity index (χ1) is 9.50. The van der Waals surface area contributed by atoms with Gasteiger partial charge in [0.15, 0.2) is 0 Å². The van der Waals surface area contributed by atoms with Gasteiger partial charge in [-0.3, -0.25) is 4.79 Å². The van der Waals surface area contributed by atoms with Gasteiger partial charge in [0.05, 0.1) is 16.6 Å². The predicted octanol–water partition coefficient (Wildman–Crippen LogP) is 4.58. The Morgan fingerprint density at radius 3 is 2.55 bits per heavy atom. The van der Waals surface area contributed by atoms with Gasteiger partial charge in [0.2, 0.25) is 0 Å². The highest BCUT2D eigenvalue weighted by atomic mass is 35.5. The first-order valence-electron chi connectivity index (χ1n) is 6.34. The van der Waals surface area contributed by atoms with Crippen LogP contribution in [0.4, 0.5) is 11.4 Å². The maximum atomic E-state index is 11.2. The van der Waals surface area contributed by atoms with E-state index in [9.17, 15) is 9.90 Å². The molecule has 2 aromatic carbocycles. The summed E-state index contributed by atoms with van der Waals surface area (Å²) in [4.78, 5) is 11.2. The third-order valence-corrected chi connectivity index (χ3v) is 3.59. The van der Waals surface area contributed by atoms with E-state index in [4.69, 9.17) is 11.6 Å². The predicted molar refractivity (Wildman–Crippen MR) is 82.0 cm³/mol. The molecule has 0 aromatic heterocycles. The Labute approximate surface area is 123 Å². The van der Waals surface area contributed by atoms with Gasteiger partial charge in [0.25, 0.3) is 0 Å². The largest absolute Gasteiger partial charge is 0.481 e. The van der Waals surface area contributed by atoms with Crippen LogP contribution in [0.15, 0.2) is 42.5 Å². The van der Waals surface area contributed by atoms with E-state index in [1.54, 1.807) is 13.0 Å². The molecule has 0 aliphatic rings. The summed E-state index contributed by atoms with van der Waals surface area (Å²) in [5, 5.41) is 13.0. The van der Waals surface area contributed by atoms with Crippen molar-refractivity contribution in [2.75, 3.05) is 5.32 Å². The number of aryl methyl sites for hydroxylation is 1. The first kappa shape index (κ1) is 14.4. The number of aliphatic carboxylic acids is 1. The van der Waals surface area contributed by atoms with E-state index in [0.717, 1.165) is 22.5 Å². The van der Waals surface area contributed by atoms with Crippen molar-refractivity contribution < 1.29 is 9.90 Å². The van der Waals surface area contributed by atoms with E-state index in [1.807, 2.05) is 43.3 Å². The Bertz CT molecular complexity index is 620. The van der Waals surface area contributed by atoms with Gasteiger partial charge in [-0.15, -0.1) is 0 Å². The first-order valence-corrected chi connectivity index (χ1v) is 6.72. The second kappa shape index (κ2) is 5.97. The lowest BCUT2D eigenvalue weighted by molar-refractivity contribution is -0.138. The molecule has 0 aliphatic carbocycles. The average molecular weight is 290 g/mol. The smallest absolute Gasteiger partial charge is 0.310 e. The number of hydrogen-bond donors (Lipinski definition) is 2. The summed E-state index contributed by atoms with van der Waals surface area (Å²) in [5.74, 6) is -1.43. The highest BCUT2D eigenvalue weighted by Crippen LogP contribution is 2.32. The lowest BCUT2D eigenvalue weighted by atomic mass is 9.99. The van der Waals surface area contributed by atoms with Crippen LogP contribution in [0.5, 0.6) is 0 Å². The van der Waals surface area contributed by atoms with Crippen molar-refractivity contribution in [2.45, 2.75) is 19.8 Å². The van der Waals surface area contributed by atoms with Crippen molar-refractivity contribution in [1.29, 1.82) is 0 Å². The maximum absolute atomic E-state index is 11.2. The third-order valence-electron chi connectivity index (χ3n) is 3.28. The molecule has 0 aliphatic heterocycles. The molecular formula is C16H16ClNO2. The van der Waals surface area contributed by atoms with Crippen LogP contribution in [0.25, 0.3) is 0 Å². The Hall–Kier alpha value is -2.00. The van der Waals surface area contributed by atoms with Crippen molar-refractivity contribution >= 4 is 28.9 Å². The van der Waals surface area contributed by atoms with Crippen molar-refractivity contribution in [2.24, 2.45) is 0 Å². The number of carboxylic acids is 1. The van der Waals surface area contributed by atoms with Crippen LogP contribution in [-0.2, 0) is 4.79 Å². The molecule has 104 valence electrons. The highest BCUT2D eigenvalue weighted by Gasteiger charge is 2.17. The van der Waals surface area contributed by atoms with Crippen molar-refractivity contribution in [3.05, 3.63) is 58.6 Å². The van der Waals surface area contributed by atoms with E-state index in [-0.39, 0.29) is 0 Å². The van der Waals surface area contributed by atoms with Gasteiger partial charge in [0, 0.05) is 5.69 Å². The number of nitrogens with one attached hydrogen (secondary N) is 1. The fourth-order valence-corrected chi connectivity index (χ4v) is 2.32. The number of halogens is 1. The van der Waals surface area contributed by atoms with Gasteiger partial charge >= 0.3 is 5.97 Å². The molecule has 2 aromatic rings. The van der Waals surface area contributed by atoms with Crippen LogP contribution < -0.4 is 5.32 Å². The second-order valence-corrected chi connectivity index (χ2v) is 5.11. The van der Waals surface area contributed by atoms with Crippen LogP contribution >= 0.6 is 11.6 Å². The minimum Gasteiger partial charge on any atom is -0.481 e. The zero-order chi connectivity index (χ0) is 14.7. The van der Waals surface area contributed by atoms with E-state index in [0.29, 0.717) is 5.02 Å². The maximum Gasteiger partial charge on any atom is 0.310 e. The summed E-state index contributed by atoms with van der Waals surface area (Å²) >= 11 is 6.20. The molecule has 0 fully saturated rings.